The number of hydrogen-bond donors (Lipinski definition) is 1. The predicted octanol–water partition coefficient (Wildman–Crippen LogP) is 3.54. The van der Waals surface area contributed by atoms with Gasteiger partial charge in [-0.1, -0.05) is 30.7 Å². The highest BCUT2D eigenvalue weighted by atomic mass is 19.1. The number of benzene rings is 2. The zero-order chi connectivity index (χ0) is 20.9. The molecular weight excluding hydrogens is 381 g/mol. The summed E-state index contributed by atoms with van der Waals surface area (Å²) >= 11 is 0. The van der Waals surface area contributed by atoms with E-state index in [0.717, 1.165) is 26.1 Å². The number of carbonyl (C=O) groups excluding carboxylic acids is 1. The zero-order valence-corrected chi connectivity index (χ0v) is 17.6. The second kappa shape index (κ2) is 9.47. The first-order valence-electron chi connectivity index (χ1n) is 10.8. The topological polar surface area (TPSA) is 44.8 Å². The molecule has 0 aromatic heterocycles. The van der Waals surface area contributed by atoms with Gasteiger partial charge in [0.15, 0.2) is 18.2 Å². The number of halogens is 1. The Morgan fingerprint density at radius 3 is 2.73 bits per heavy atom. The number of para-hydroxylation sites is 1. The highest BCUT2D eigenvalue weighted by molar-refractivity contribution is 5.77. The smallest absolute Gasteiger partial charge is 0.258 e. The lowest BCUT2D eigenvalue weighted by atomic mass is 9.98. The molecule has 0 aliphatic carbocycles. The molecule has 0 bridgehead atoms. The van der Waals surface area contributed by atoms with Gasteiger partial charge in [-0.15, -0.1) is 0 Å². The number of carbonyl (C=O) groups is 1. The molecule has 2 aliphatic heterocycles. The number of ether oxygens (including phenoxy) is 1. The standard InChI is InChI=1S/C24H30FN3O2/c1-27-14-11-19-15-18(9-10-21(19)27)22(28-12-5-2-6-13-28)16-26-24(29)17-30-23-8-4-3-7-20(23)25/h3-4,7-10,15,22H,2,5-6,11-14,16-17H2,1H3,(H,26,29). The Morgan fingerprint density at radius 1 is 1.13 bits per heavy atom. The molecule has 1 atom stereocenters. The molecule has 2 aliphatic rings. The normalized spacial score (nSPS) is 17.5. The van der Waals surface area contributed by atoms with Crippen molar-refractivity contribution >= 4 is 11.6 Å². The first-order chi connectivity index (χ1) is 14.6. The summed E-state index contributed by atoms with van der Waals surface area (Å²) in [5.41, 5.74) is 3.94. The number of piperidine rings is 1. The molecule has 160 valence electrons. The molecule has 2 aromatic rings. The van der Waals surface area contributed by atoms with Gasteiger partial charge in [-0.2, -0.15) is 0 Å². The van der Waals surface area contributed by atoms with Crippen molar-refractivity contribution in [3.05, 3.63) is 59.4 Å². The van der Waals surface area contributed by atoms with Gasteiger partial charge < -0.3 is 15.0 Å². The Kier molecular flexibility index (Phi) is 6.53. The van der Waals surface area contributed by atoms with Crippen LogP contribution in [0.3, 0.4) is 0 Å². The summed E-state index contributed by atoms with van der Waals surface area (Å²) < 4.78 is 19.0. The molecule has 2 heterocycles. The van der Waals surface area contributed by atoms with Gasteiger partial charge in [0.05, 0.1) is 6.04 Å². The molecule has 0 saturated carbocycles. The van der Waals surface area contributed by atoms with Crippen LogP contribution in [0.4, 0.5) is 10.1 Å². The van der Waals surface area contributed by atoms with Crippen LogP contribution < -0.4 is 15.0 Å². The summed E-state index contributed by atoms with van der Waals surface area (Å²) in [5, 5.41) is 3.01. The molecule has 0 spiro atoms. The van der Waals surface area contributed by atoms with E-state index in [4.69, 9.17) is 4.74 Å². The third-order valence-corrected chi connectivity index (χ3v) is 6.14. The second-order valence-electron chi connectivity index (χ2n) is 8.20. The van der Waals surface area contributed by atoms with E-state index in [-0.39, 0.29) is 24.3 Å². The molecule has 6 heteroatoms. The molecule has 1 fully saturated rings. The second-order valence-corrected chi connectivity index (χ2v) is 8.20. The lowest BCUT2D eigenvalue weighted by molar-refractivity contribution is -0.123. The van der Waals surface area contributed by atoms with E-state index >= 15 is 0 Å². The third kappa shape index (κ3) is 4.75. The molecule has 0 radical (unpaired) electrons. The van der Waals surface area contributed by atoms with E-state index in [1.807, 2.05) is 0 Å². The Morgan fingerprint density at radius 2 is 1.93 bits per heavy atom. The van der Waals surface area contributed by atoms with Gasteiger partial charge in [0.2, 0.25) is 0 Å². The van der Waals surface area contributed by atoms with Crippen LogP contribution in [0, 0.1) is 5.82 Å². The summed E-state index contributed by atoms with van der Waals surface area (Å²) in [6.07, 6.45) is 4.71. The van der Waals surface area contributed by atoms with Gasteiger partial charge in [-0.3, -0.25) is 9.69 Å². The summed E-state index contributed by atoms with van der Waals surface area (Å²) in [5.74, 6) is -0.594. The van der Waals surface area contributed by atoms with Gasteiger partial charge in [-0.25, -0.2) is 4.39 Å². The van der Waals surface area contributed by atoms with Gasteiger partial charge in [0, 0.05) is 25.8 Å². The highest BCUT2D eigenvalue weighted by Gasteiger charge is 2.25. The van der Waals surface area contributed by atoms with Crippen LogP contribution in [0.15, 0.2) is 42.5 Å². The van der Waals surface area contributed by atoms with Crippen molar-refractivity contribution in [2.45, 2.75) is 31.7 Å². The maximum Gasteiger partial charge on any atom is 0.258 e. The number of rotatable bonds is 7. The zero-order valence-electron chi connectivity index (χ0n) is 17.6. The van der Waals surface area contributed by atoms with Crippen molar-refractivity contribution in [2.75, 3.05) is 44.7 Å². The summed E-state index contributed by atoms with van der Waals surface area (Å²) in [6.45, 7) is 3.47. The lowest BCUT2D eigenvalue weighted by Crippen LogP contribution is -2.41. The fraction of sp³-hybridized carbons (Fsp3) is 0.458. The molecular formula is C24H30FN3O2. The van der Waals surface area contributed by atoms with Crippen molar-refractivity contribution in [3.63, 3.8) is 0 Å². The van der Waals surface area contributed by atoms with Gasteiger partial charge in [0.25, 0.3) is 5.91 Å². The van der Waals surface area contributed by atoms with Crippen LogP contribution in [0.1, 0.15) is 36.4 Å². The molecule has 4 rings (SSSR count). The molecule has 2 aromatic carbocycles. The predicted molar refractivity (Wildman–Crippen MR) is 116 cm³/mol. The molecule has 30 heavy (non-hydrogen) atoms. The summed E-state index contributed by atoms with van der Waals surface area (Å²) in [6, 6.07) is 13.0. The maximum absolute atomic E-state index is 13.7. The van der Waals surface area contributed by atoms with Crippen molar-refractivity contribution in [2.24, 2.45) is 0 Å². The Bertz CT molecular complexity index is 883. The van der Waals surface area contributed by atoms with Gasteiger partial charge >= 0.3 is 0 Å². The van der Waals surface area contributed by atoms with E-state index < -0.39 is 5.82 Å². The number of hydrogen-bond acceptors (Lipinski definition) is 4. The van der Waals surface area contributed by atoms with Crippen LogP contribution in [0.25, 0.3) is 0 Å². The summed E-state index contributed by atoms with van der Waals surface area (Å²) in [7, 11) is 2.13. The molecule has 1 unspecified atom stereocenters. The highest BCUT2D eigenvalue weighted by Crippen LogP contribution is 2.32. The number of nitrogens with zero attached hydrogens (tertiary/aromatic N) is 2. The average molecular weight is 412 g/mol. The third-order valence-electron chi connectivity index (χ3n) is 6.14. The van der Waals surface area contributed by atoms with E-state index in [0.29, 0.717) is 6.54 Å². The minimum Gasteiger partial charge on any atom is -0.481 e. The number of likely N-dealkylation sites (N-methyl/N-ethyl adjacent to an activating group) is 1. The number of amides is 1. The monoisotopic (exact) mass is 411 g/mol. The quantitative estimate of drug-likeness (QED) is 0.757. The lowest BCUT2D eigenvalue weighted by Gasteiger charge is -2.35. The van der Waals surface area contributed by atoms with Gasteiger partial charge in [-0.05, 0) is 61.7 Å². The minimum absolute atomic E-state index is 0.1000. The number of fused-ring (bicyclic) bond motifs is 1. The van der Waals surface area contributed by atoms with Crippen molar-refractivity contribution in [1.82, 2.24) is 10.2 Å². The van der Waals surface area contributed by atoms with E-state index in [9.17, 15) is 9.18 Å². The van der Waals surface area contributed by atoms with Crippen molar-refractivity contribution in [3.8, 4) is 5.75 Å². The Hall–Kier alpha value is -2.60. The molecule has 1 amide bonds. The van der Waals surface area contributed by atoms with Crippen LogP contribution in [0.2, 0.25) is 0 Å². The van der Waals surface area contributed by atoms with E-state index in [1.165, 1.54) is 48.2 Å². The number of anilines is 1. The number of likely N-dealkylation sites (tertiary alicyclic amines) is 1. The number of nitrogens with one attached hydrogen (secondary N) is 1. The van der Waals surface area contributed by atoms with Crippen molar-refractivity contribution < 1.29 is 13.9 Å². The molecule has 1 saturated heterocycles. The van der Waals surface area contributed by atoms with Crippen LogP contribution in [-0.2, 0) is 11.2 Å². The van der Waals surface area contributed by atoms with Gasteiger partial charge in [0.1, 0.15) is 0 Å². The van der Waals surface area contributed by atoms with Crippen LogP contribution >= 0.6 is 0 Å². The van der Waals surface area contributed by atoms with Crippen LogP contribution in [0.5, 0.6) is 5.75 Å². The minimum atomic E-state index is -0.459. The van der Waals surface area contributed by atoms with Crippen molar-refractivity contribution in [1.29, 1.82) is 0 Å². The molecule has 1 N–H and O–H groups in total. The summed E-state index contributed by atoms with van der Waals surface area (Å²) in [4.78, 5) is 17.2. The largest absolute Gasteiger partial charge is 0.481 e. The SMILES string of the molecule is CN1CCc2cc(C(CNC(=O)COc3ccccc3F)N3CCCCC3)ccc21. The average Bonchev–Trinajstić information content (AvgIpc) is 3.14. The fourth-order valence-electron chi connectivity index (χ4n) is 4.45. The van der Waals surface area contributed by atoms with Crippen LogP contribution in [-0.4, -0.2) is 50.6 Å². The first-order valence-corrected chi connectivity index (χ1v) is 10.8. The van der Waals surface area contributed by atoms with E-state index in [1.54, 1.807) is 12.1 Å². The Labute approximate surface area is 177 Å². The fourth-order valence-corrected chi connectivity index (χ4v) is 4.45. The Balaban J connectivity index is 1.41. The maximum atomic E-state index is 13.7. The van der Waals surface area contributed by atoms with E-state index in [2.05, 4.69) is 40.4 Å². The first kappa shape index (κ1) is 20.7. The molecule has 5 nitrogen and oxygen atoms in total.